The molecule has 216 valence electrons. The summed E-state index contributed by atoms with van der Waals surface area (Å²) in [6.45, 7) is 8.15. The molecule has 3 amide bonds. The lowest BCUT2D eigenvalue weighted by Crippen LogP contribution is -2.48. The van der Waals surface area contributed by atoms with Gasteiger partial charge in [-0.2, -0.15) is 0 Å². The summed E-state index contributed by atoms with van der Waals surface area (Å²) in [5.74, 6) is -1.14. The molecular weight excluding hydrogens is 490 g/mol. The smallest absolute Gasteiger partial charge is 0.408 e. The van der Waals surface area contributed by atoms with Gasteiger partial charge in [0.05, 0.1) is 53.2 Å². The number of methoxy groups -OCH3 is 2. The predicted molar refractivity (Wildman–Crippen MR) is 134 cm³/mol. The van der Waals surface area contributed by atoms with Crippen LogP contribution in [0.1, 0.15) is 46.5 Å². The number of nitrogens with one attached hydrogen (secondary N) is 3. The zero-order valence-electron chi connectivity index (χ0n) is 22.9. The first-order chi connectivity index (χ1) is 17.6. The Bertz CT molecular complexity index is 655. The van der Waals surface area contributed by atoms with E-state index in [4.69, 9.17) is 23.7 Å². The Morgan fingerprint density at radius 3 is 2.00 bits per heavy atom. The number of carbonyl (C=O) groups excluding carboxylic acids is 4. The summed E-state index contributed by atoms with van der Waals surface area (Å²) in [5.41, 5.74) is -0.715. The van der Waals surface area contributed by atoms with E-state index >= 15 is 0 Å². The van der Waals surface area contributed by atoms with Gasteiger partial charge in [-0.3, -0.25) is 14.4 Å². The van der Waals surface area contributed by atoms with E-state index < -0.39 is 29.6 Å². The Labute approximate surface area is 219 Å². The Morgan fingerprint density at radius 2 is 1.41 bits per heavy atom. The molecule has 0 unspecified atom stereocenters. The quantitative estimate of drug-likeness (QED) is 0.140. The monoisotopic (exact) mass is 535 g/mol. The van der Waals surface area contributed by atoms with Crippen LogP contribution in [0, 0.1) is 0 Å². The van der Waals surface area contributed by atoms with E-state index in [0.717, 1.165) is 0 Å². The standard InChI is InChI=1S/C24H45N3O10/c1-24(2,3)37-23(31)27-19(22(30)26-11-9-21(29)33-5)8-6-7-10-25-20(28)18-36-17-16-35-15-14-34-13-12-32-4/h19H,6-18H2,1-5H3,(H,25,28)(H,26,30)(H,27,31)/t19-/m0/s1. The van der Waals surface area contributed by atoms with Crippen LogP contribution < -0.4 is 16.0 Å². The molecule has 0 rings (SSSR count). The molecule has 13 nitrogen and oxygen atoms in total. The highest BCUT2D eigenvalue weighted by Gasteiger charge is 2.24. The van der Waals surface area contributed by atoms with E-state index in [2.05, 4.69) is 20.7 Å². The molecule has 0 aromatic rings. The number of ether oxygens (including phenoxy) is 6. The largest absolute Gasteiger partial charge is 0.469 e. The Balaban J connectivity index is 4.15. The molecule has 0 bridgehead atoms. The van der Waals surface area contributed by atoms with Crippen LogP contribution >= 0.6 is 0 Å². The molecule has 0 radical (unpaired) electrons. The second-order valence-corrected chi connectivity index (χ2v) is 8.93. The Morgan fingerprint density at radius 1 is 0.784 bits per heavy atom. The Kier molecular flexibility index (Phi) is 20.1. The number of hydrogen-bond acceptors (Lipinski definition) is 10. The van der Waals surface area contributed by atoms with Crippen molar-refractivity contribution in [3.63, 3.8) is 0 Å². The fourth-order valence-electron chi connectivity index (χ4n) is 2.73. The van der Waals surface area contributed by atoms with Gasteiger partial charge in [-0.25, -0.2) is 4.79 Å². The van der Waals surface area contributed by atoms with Crippen molar-refractivity contribution in [1.29, 1.82) is 0 Å². The Hall–Kier alpha value is -2.48. The lowest BCUT2D eigenvalue weighted by Gasteiger charge is -2.23. The zero-order chi connectivity index (χ0) is 27.9. The minimum absolute atomic E-state index is 0.0188. The normalized spacial score (nSPS) is 11.9. The molecule has 37 heavy (non-hydrogen) atoms. The lowest BCUT2D eigenvalue weighted by atomic mass is 10.1. The van der Waals surface area contributed by atoms with E-state index in [1.807, 2.05) is 0 Å². The molecule has 0 saturated carbocycles. The van der Waals surface area contributed by atoms with Gasteiger partial charge >= 0.3 is 12.1 Å². The van der Waals surface area contributed by atoms with Gasteiger partial charge < -0.3 is 44.4 Å². The molecule has 0 aliphatic heterocycles. The van der Waals surface area contributed by atoms with Crippen LogP contribution in [0.25, 0.3) is 0 Å². The van der Waals surface area contributed by atoms with Crippen LogP contribution in [0.15, 0.2) is 0 Å². The van der Waals surface area contributed by atoms with Crippen LogP contribution in [0.3, 0.4) is 0 Å². The average Bonchev–Trinajstić information content (AvgIpc) is 2.82. The third-order valence-corrected chi connectivity index (χ3v) is 4.51. The van der Waals surface area contributed by atoms with Crippen molar-refractivity contribution in [3.05, 3.63) is 0 Å². The number of unbranched alkanes of at least 4 members (excludes halogenated alkanes) is 1. The predicted octanol–water partition coefficient (Wildman–Crippen LogP) is 0.542. The third kappa shape index (κ3) is 22.4. The highest BCUT2D eigenvalue weighted by Crippen LogP contribution is 2.08. The van der Waals surface area contributed by atoms with Crippen molar-refractivity contribution >= 4 is 23.9 Å². The van der Waals surface area contributed by atoms with Gasteiger partial charge in [-0.1, -0.05) is 0 Å². The molecular formula is C24H45N3O10. The van der Waals surface area contributed by atoms with Crippen molar-refractivity contribution in [3.8, 4) is 0 Å². The molecule has 0 aromatic carbocycles. The van der Waals surface area contributed by atoms with Crippen molar-refractivity contribution < 1.29 is 47.6 Å². The molecule has 0 aromatic heterocycles. The van der Waals surface area contributed by atoms with E-state index in [-0.39, 0.29) is 32.1 Å². The first kappa shape index (κ1) is 34.5. The minimum Gasteiger partial charge on any atom is -0.469 e. The topological polar surface area (TPSA) is 160 Å². The van der Waals surface area contributed by atoms with Crippen LogP contribution in [-0.2, 0) is 42.8 Å². The van der Waals surface area contributed by atoms with Crippen LogP contribution in [0.2, 0.25) is 0 Å². The maximum atomic E-state index is 12.5. The summed E-state index contributed by atoms with van der Waals surface area (Å²) in [5, 5.41) is 7.91. The van der Waals surface area contributed by atoms with E-state index in [9.17, 15) is 19.2 Å². The molecule has 1 atom stereocenters. The van der Waals surface area contributed by atoms with Gasteiger partial charge in [0.15, 0.2) is 0 Å². The number of rotatable bonds is 21. The van der Waals surface area contributed by atoms with Crippen molar-refractivity contribution in [2.24, 2.45) is 0 Å². The fraction of sp³-hybridized carbons (Fsp3) is 0.833. The summed E-state index contributed by atoms with van der Waals surface area (Å²) in [6.07, 6.45) is 0.757. The first-order valence-corrected chi connectivity index (χ1v) is 12.4. The molecule has 13 heteroatoms. The van der Waals surface area contributed by atoms with Crippen molar-refractivity contribution in [2.45, 2.75) is 58.1 Å². The lowest BCUT2D eigenvalue weighted by molar-refractivity contribution is -0.140. The minimum atomic E-state index is -0.850. The van der Waals surface area contributed by atoms with Crippen molar-refractivity contribution in [1.82, 2.24) is 16.0 Å². The van der Waals surface area contributed by atoms with Gasteiger partial charge in [0.25, 0.3) is 0 Å². The van der Waals surface area contributed by atoms with Gasteiger partial charge in [-0.15, -0.1) is 0 Å². The molecule has 0 saturated heterocycles. The molecule has 0 spiro atoms. The maximum Gasteiger partial charge on any atom is 0.408 e. The molecule has 0 fully saturated rings. The summed E-state index contributed by atoms with van der Waals surface area (Å²) in [7, 11) is 2.87. The second-order valence-electron chi connectivity index (χ2n) is 8.93. The summed E-state index contributed by atoms with van der Waals surface area (Å²) in [4.78, 5) is 47.8. The molecule has 3 N–H and O–H groups in total. The zero-order valence-corrected chi connectivity index (χ0v) is 22.9. The fourth-order valence-corrected chi connectivity index (χ4v) is 2.73. The number of alkyl carbamates (subject to hydrolysis) is 1. The van der Waals surface area contributed by atoms with Gasteiger partial charge in [0.1, 0.15) is 18.2 Å². The number of hydrogen-bond donors (Lipinski definition) is 3. The van der Waals surface area contributed by atoms with Crippen molar-refractivity contribution in [2.75, 3.05) is 73.6 Å². The highest BCUT2D eigenvalue weighted by atomic mass is 16.6. The van der Waals surface area contributed by atoms with Gasteiger partial charge in [0.2, 0.25) is 11.8 Å². The molecule has 0 aliphatic rings. The van der Waals surface area contributed by atoms with Crippen LogP contribution in [0.5, 0.6) is 0 Å². The SMILES string of the molecule is COCCOCCOCCOCC(=O)NCCCC[C@H](NC(=O)OC(C)(C)C)C(=O)NCCC(=O)OC. The summed E-state index contributed by atoms with van der Waals surface area (Å²) >= 11 is 0. The second kappa shape index (κ2) is 21.6. The van der Waals surface area contributed by atoms with Crippen LogP contribution in [0.4, 0.5) is 4.79 Å². The van der Waals surface area contributed by atoms with Gasteiger partial charge in [-0.05, 0) is 40.0 Å². The van der Waals surface area contributed by atoms with E-state index in [1.165, 1.54) is 7.11 Å². The summed E-state index contributed by atoms with van der Waals surface area (Å²) in [6, 6.07) is -0.850. The number of esters is 1. The molecule has 0 heterocycles. The van der Waals surface area contributed by atoms with Crippen LogP contribution in [-0.4, -0.2) is 109 Å². The van der Waals surface area contributed by atoms with Gasteiger partial charge in [0, 0.05) is 20.2 Å². The highest BCUT2D eigenvalue weighted by molar-refractivity contribution is 5.86. The van der Waals surface area contributed by atoms with E-state index in [1.54, 1.807) is 27.9 Å². The first-order valence-electron chi connectivity index (χ1n) is 12.4. The summed E-state index contributed by atoms with van der Waals surface area (Å²) < 4.78 is 30.5. The average molecular weight is 536 g/mol. The molecule has 0 aliphatic carbocycles. The number of carbonyl (C=O) groups is 4. The maximum absolute atomic E-state index is 12.5. The third-order valence-electron chi connectivity index (χ3n) is 4.51. The van der Waals surface area contributed by atoms with E-state index in [0.29, 0.717) is 58.8 Å². The number of amides is 3.